The number of nitrogens with zero attached hydrogens (tertiary/aromatic N) is 1. The molecular formula is C12H13ClN2O3S. The zero-order chi connectivity index (χ0) is 13.8. The van der Waals surface area contributed by atoms with Crippen LogP contribution in [0.25, 0.3) is 0 Å². The predicted octanol–water partition coefficient (Wildman–Crippen LogP) is 3.99. The molecule has 0 bridgehead atoms. The Bertz CT molecular complexity index is 567. The lowest BCUT2D eigenvalue weighted by Crippen LogP contribution is -2.22. The zero-order valence-corrected chi connectivity index (χ0v) is 11.8. The second-order valence-electron chi connectivity index (χ2n) is 3.95. The van der Waals surface area contributed by atoms with Crippen LogP contribution in [-0.4, -0.2) is 11.5 Å². The minimum absolute atomic E-state index is 0.249. The van der Waals surface area contributed by atoms with Gasteiger partial charge in [0.25, 0.3) is 0 Å². The van der Waals surface area contributed by atoms with Crippen molar-refractivity contribution in [2.24, 2.45) is 0 Å². The average Bonchev–Trinajstić information content (AvgIpc) is 3.00. The average molecular weight is 301 g/mol. The summed E-state index contributed by atoms with van der Waals surface area (Å²) in [6.45, 7) is 2.82. The molecule has 0 saturated heterocycles. The third kappa shape index (κ3) is 3.15. The van der Waals surface area contributed by atoms with Gasteiger partial charge >= 0.3 is 5.88 Å². The van der Waals surface area contributed by atoms with Crippen LogP contribution >= 0.6 is 22.9 Å². The van der Waals surface area contributed by atoms with Crippen LogP contribution in [0.15, 0.2) is 28.0 Å². The van der Waals surface area contributed by atoms with E-state index in [1.54, 1.807) is 12.1 Å². The summed E-state index contributed by atoms with van der Waals surface area (Å²) in [5.41, 5.74) is 0. The fourth-order valence-corrected chi connectivity index (χ4v) is 2.97. The molecule has 7 heteroatoms. The first-order chi connectivity index (χ1) is 9.13. The maximum absolute atomic E-state index is 10.7. The smallest absolute Gasteiger partial charge is 0.404 e. The molecular weight excluding hydrogens is 288 g/mol. The van der Waals surface area contributed by atoms with E-state index in [-0.39, 0.29) is 11.9 Å². The lowest BCUT2D eigenvalue weighted by atomic mass is 10.2. The summed E-state index contributed by atoms with van der Waals surface area (Å²) in [6.07, 6.45) is 0.947. The number of hydrogen-bond acceptors (Lipinski definition) is 5. The highest BCUT2D eigenvalue weighted by atomic mass is 35.5. The van der Waals surface area contributed by atoms with Crippen molar-refractivity contribution in [3.8, 4) is 0 Å². The first kappa shape index (κ1) is 14.0. The fraction of sp³-hybridized carbons (Fsp3) is 0.333. The van der Waals surface area contributed by atoms with Crippen molar-refractivity contribution in [2.75, 3.05) is 6.54 Å². The van der Waals surface area contributed by atoms with Crippen LogP contribution < -0.4 is 5.32 Å². The van der Waals surface area contributed by atoms with Crippen molar-refractivity contribution in [2.45, 2.75) is 19.4 Å². The highest BCUT2D eigenvalue weighted by Crippen LogP contribution is 2.34. The van der Waals surface area contributed by atoms with Crippen LogP contribution in [0.5, 0.6) is 0 Å². The van der Waals surface area contributed by atoms with Gasteiger partial charge in [-0.1, -0.05) is 18.5 Å². The Morgan fingerprint density at radius 1 is 1.53 bits per heavy atom. The van der Waals surface area contributed by atoms with Crippen LogP contribution in [-0.2, 0) is 0 Å². The molecule has 0 aliphatic heterocycles. The van der Waals surface area contributed by atoms with E-state index in [4.69, 9.17) is 16.0 Å². The molecule has 0 saturated carbocycles. The van der Waals surface area contributed by atoms with E-state index < -0.39 is 4.92 Å². The van der Waals surface area contributed by atoms with Crippen molar-refractivity contribution in [3.63, 3.8) is 0 Å². The molecule has 0 aliphatic rings. The third-order valence-corrected chi connectivity index (χ3v) is 4.01. The normalized spacial score (nSPS) is 12.5. The van der Waals surface area contributed by atoms with E-state index in [0.717, 1.165) is 17.8 Å². The Morgan fingerprint density at radius 2 is 2.32 bits per heavy atom. The standard InChI is InChI=1S/C12H13ClN2O3S/c1-2-6-14-11(12-8(13)5-7-19-12)9-3-4-10(18-9)15(16)17/h3-5,7,11,14H,2,6H2,1H3. The Kier molecular flexibility index (Phi) is 4.57. The molecule has 1 N–H and O–H groups in total. The van der Waals surface area contributed by atoms with Gasteiger partial charge in [0.05, 0.1) is 11.1 Å². The molecule has 0 aliphatic carbocycles. The monoisotopic (exact) mass is 300 g/mol. The molecule has 0 amide bonds. The number of halogens is 1. The summed E-state index contributed by atoms with van der Waals surface area (Å²) in [7, 11) is 0. The van der Waals surface area contributed by atoms with Gasteiger partial charge < -0.3 is 9.73 Å². The molecule has 0 spiro atoms. The van der Waals surface area contributed by atoms with Gasteiger partial charge in [-0.15, -0.1) is 11.3 Å². The summed E-state index contributed by atoms with van der Waals surface area (Å²) in [4.78, 5) is 11.0. The lowest BCUT2D eigenvalue weighted by Gasteiger charge is -2.14. The Labute approximate surface area is 119 Å². The van der Waals surface area contributed by atoms with E-state index in [1.807, 2.05) is 12.3 Å². The molecule has 2 rings (SSSR count). The van der Waals surface area contributed by atoms with Crippen molar-refractivity contribution >= 4 is 28.8 Å². The van der Waals surface area contributed by atoms with Crippen LogP contribution in [0.2, 0.25) is 5.02 Å². The van der Waals surface area contributed by atoms with Gasteiger partial charge in [0, 0.05) is 4.88 Å². The van der Waals surface area contributed by atoms with Gasteiger partial charge in [-0.3, -0.25) is 10.1 Å². The Morgan fingerprint density at radius 3 is 2.84 bits per heavy atom. The minimum atomic E-state index is -0.545. The van der Waals surface area contributed by atoms with E-state index in [9.17, 15) is 10.1 Å². The van der Waals surface area contributed by atoms with Gasteiger partial charge in [-0.25, -0.2) is 0 Å². The molecule has 2 aromatic rings. The quantitative estimate of drug-likeness (QED) is 0.647. The first-order valence-electron chi connectivity index (χ1n) is 5.84. The molecule has 1 unspecified atom stereocenters. The summed E-state index contributed by atoms with van der Waals surface area (Å²) in [6, 6.07) is 4.53. The third-order valence-electron chi connectivity index (χ3n) is 2.58. The van der Waals surface area contributed by atoms with E-state index in [0.29, 0.717) is 10.8 Å². The highest BCUT2D eigenvalue weighted by molar-refractivity contribution is 7.10. The first-order valence-corrected chi connectivity index (χ1v) is 7.09. The van der Waals surface area contributed by atoms with E-state index in [2.05, 4.69) is 5.32 Å². The molecule has 1 atom stereocenters. The van der Waals surface area contributed by atoms with Crippen molar-refractivity contribution < 1.29 is 9.34 Å². The maximum atomic E-state index is 10.7. The second-order valence-corrected chi connectivity index (χ2v) is 5.31. The molecule has 0 aromatic carbocycles. The molecule has 2 aromatic heterocycles. The Balaban J connectivity index is 2.31. The minimum Gasteiger partial charge on any atom is -0.404 e. The molecule has 2 heterocycles. The second kappa shape index (κ2) is 6.18. The van der Waals surface area contributed by atoms with Crippen LogP contribution in [0, 0.1) is 10.1 Å². The van der Waals surface area contributed by atoms with E-state index in [1.165, 1.54) is 17.4 Å². The van der Waals surface area contributed by atoms with Crippen molar-refractivity contribution in [1.29, 1.82) is 0 Å². The summed E-state index contributed by atoms with van der Waals surface area (Å²) >= 11 is 7.62. The molecule has 5 nitrogen and oxygen atoms in total. The number of thiophene rings is 1. The predicted molar refractivity (Wildman–Crippen MR) is 74.8 cm³/mol. The van der Waals surface area contributed by atoms with Gasteiger partial charge in [0.1, 0.15) is 16.7 Å². The Hall–Kier alpha value is -1.37. The van der Waals surface area contributed by atoms with Crippen LogP contribution in [0.3, 0.4) is 0 Å². The lowest BCUT2D eigenvalue weighted by molar-refractivity contribution is -0.402. The van der Waals surface area contributed by atoms with Crippen molar-refractivity contribution in [3.05, 3.63) is 49.4 Å². The zero-order valence-electron chi connectivity index (χ0n) is 10.3. The summed E-state index contributed by atoms with van der Waals surface area (Å²) in [5, 5.41) is 16.5. The van der Waals surface area contributed by atoms with E-state index >= 15 is 0 Å². The number of furan rings is 1. The SMILES string of the molecule is CCCNC(c1ccc([N+](=O)[O-])o1)c1sccc1Cl. The maximum Gasteiger partial charge on any atom is 0.433 e. The van der Waals surface area contributed by atoms with Crippen molar-refractivity contribution in [1.82, 2.24) is 5.32 Å². The number of nitrogens with one attached hydrogen (secondary N) is 1. The number of hydrogen-bond donors (Lipinski definition) is 1. The summed E-state index contributed by atoms with van der Waals surface area (Å²) < 4.78 is 5.27. The highest BCUT2D eigenvalue weighted by Gasteiger charge is 2.23. The number of nitro groups is 1. The summed E-state index contributed by atoms with van der Waals surface area (Å²) in [5.74, 6) is 0.246. The van der Waals surface area contributed by atoms with Gasteiger partial charge in [0.2, 0.25) is 0 Å². The number of rotatable bonds is 6. The molecule has 0 radical (unpaired) electrons. The molecule has 0 fully saturated rings. The molecule has 19 heavy (non-hydrogen) atoms. The van der Waals surface area contributed by atoms with Gasteiger partial charge in [-0.05, 0) is 30.5 Å². The van der Waals surface area contributed by atoms with Crippen LogP contribution in [0.1, 0.15) is 30.0 Å². The fourth-order valence-electron chi connectivity index (χ4n) is 1.72. The molecule has 102 valence electrons. The topological polar surface area (TPSA) is 68.3 Å². The van der Waals surface area contributed by atoms with Gasteiger partial charge in [0.15, 0.2) is 0 Å². The largest absolute Gasteiger partial charge is 0.433 e. The van der Waals surface area contributed by atoms with Gasteiger partial charge in [-0.2, -0.15) is 0 Å². The van der Waals surface area contributed by atoms with Crippen LogP contribution in [0.4, 0.5) is 5.88 Å².